The predicted molar refractivity (Wildman–Crippen MR) is 124 cm³/mol. The third-order valence-electron chi connectivity index (χ3n) is 6.08. The molecular formula is C25H29FN4O3. The van der Waals surface area contributed by atoms with Crippen LogP contribution in [0.4, 0.5) is 10.1 Å². The molecule has 174 valence electrons. The Morgan fingerprint density at radius 3 is 2.76 bits per heavy atom. The van der Waals surface area contributed by atoms with Crippen molar-refractivity contribution < 1.29 is 18.7 Å². The van der Waals surface area contributed by atoms with E-state index in [4.69, 9.17) is 4.74 Å². The number of nitrogens with one attached hydrogen (secondary N) is 2. The fourth-order valence-electron chi connectivity index (χ4n) is 4.35. The van der Waals surface area contributed by atoms with Crippen LogP contribution in [0.2, 0.25) is 0 Å². The summed E-state index contributed by atoms with van der Waals surface area (Å²) in [6.07, 6.45) is 6.75. The zero-order valence-electron chi connectivity index (χ0n) is 18.8. The van der Waals surface area contributed by atoms with E-state index in [-0.39, 0.29) is 30.1 Å². The third-order valence-corrected chi connectivity index (χ3v) is 6.08. The molecule has 0 bridgehead atoms. The van der Waals surface area contributed by atoms with Gasteiger partial charge in [0.15, 0.2) is 0 Å². The van der Waals surface area contributed by atoms with E-state index >= 15 is 0 Å². The van der Waals surface area contributed by atoms with Crippen LogP contribution in [0, 0.1) is 11.7 Å². The van der Waals surface area contributed by atoms with Crippen molar-refractivity contribution in [3.63, 3.8) is 0 Å². The Morgan fingerprint density at radius 2 is 2.00 bits per heavy atom. The highest BCUT2D eigenvalue weighted by atomic mass is 19.1. The normalized spacial score (nSPS) is 14.4. The molecule has 0 saturated heterocycles. The van der Waals surface area contributed by atoms with Gasteiger partial charge in [0.2, 0.25) is 5.91 Å². The minimum atomic E-state index is -0.353. The second-order valence-corrected chi connectivity index (χ2v) is 8.46. The summed E-state index contributed by atoms with van der Waals surface area (Å²) >= 11 is 0. The number of aromatic nitrogens is 2. The van der Waals surface area contributed by atoms with Crippen molar-refractivity contribution in [2.45, 2.75) is 45.2 Å². The first-order valence-electron chi connectivity index (χ1n) is 11.4. The van der Waals surface area contributed by atoms with Crippen LogP contribution in [-0.4, -0.2) is 35.1 Å². The van der Waals surface area contributed by atoms with Crippen LogP contribution >= 0.6 is 0 Å². The first-order valence-corrected chi connectivity index (χ1v) is 11.4. The molecular weight excluding hydrogens is 423 g/mol. The minimum absolute atomic E-state index is 0.000962. The molecule has 0 aliphatic heterocycles. The molecule has 8 heteroatoms. The van der Waals surface area contributed by atoms with Gasteiger partial charge in [0.1, 0.15) is 5.82 Å². The summed E-state index contributed by atoms with van der Waals surface area (Å²) < 4.78 is 20.6. The Hall–Kier alpha value is -3.26. The van der Waals surface area contributed by atoms with Gasteiger partial charge >= 0.3 is 0 Å². The molecule has 1 aliphatic carbocycles. The molecule has 4 rings (SSSR count). The van der Waals surface area contributed by atoms with Gasteiger partial charge in [-0.25, -0.2) is 9.37 Å². The maximum Gasteiger partial charge on any atom is 0.253 e. The second kappa shape index (κ2) is 10.6. The Kier molecular flexibility index (Phi) is 7.34. The van der Waals surface area contributed by atoms with Crippen molar-refractivity contribution in [3.05, 3.63) is 59.7 Å². The summed E-state index contributed by atoms with van der Waals surface area (Å²) in [5.74, 6) is -0.690. The smallest absolute Gasteiger partial charge is 0.253 e. The summed E-state index contributed by atoms with van der Waals surface area (Å²) in [6, 6.07) is 9.59. The number of benzene rings is 2. The van der Waals surface area contributed by atoms with Gasteiger partial charge in [-0.3, -0.25) is 9.59 Å². The molecule has 33 heavy (non-hydrogen) atoms. The van der Waals surface area contributed by atoms with Crippen LogP contribution in [0.1, 0.15) is 48.0 Å². The van der Waals surface area contributed by atoms with Crippen LogP contribution in [0.3, 0.4) is 0 Å². The molecule has 2 N–H and O–H groups in total. The molecule has 0 radical (unpaired) electrons. The molecule has 1 fully saturated rings. The lowest BCUT2D eigenvalue weighted by Crippen LogP contribution is -2.26. The molecule has 3 aromatic rings. The number of amides is 2. The number of hydrogen-bond donors (Lipinski definition) is 2. The van der Waals surface area contributed by atoms with Gasteiger partial charge < -0.3 is 19.9 Å². The number of ether oxygens (including phenoxy) is 1. The standard InChI is InChI=1S/C25H29FN4O3/c1-33-11-10-30-16-28-22-14-20(29-24(31)18-7-3-2-4-8-18)13-21(23(22)30)25(32)27-15-17-6-5-9-19(26)12-17/h5-6,9,12-14,16,18H,2-4,7-8,10-11,15H2,1H3,(H,27,32)(H,29,31). The van der Waals surface area contributed by atoms with E-state index in [9.17, 15) is 14.0 Å². The van der Waals surface area contributed by atoms with E-state index in [2.05, 4.69) is 15.6 Å². The lowest BCUT2D eigenvalue weighted by atomic mass is 9.88. The van der Waals surface area contributed by atoms with Crippen LogP contribution in [0.25, 0.3) is 11.0 Å². The molecule has 7 nitrogen and oxygen atoms in total. The number of methoxy groups -OCH3 is 1. The van der Waals surface area contributed by atoms with Crippen molar-refractivity contribution in [1.82, 2.24) is 14.9 Å². The average Bonchev–Trinajstić information content (AvgIpc) is 3.24. The second-order valence-electron chi connectivity index (χ2n) is 8.46. The molecule has 1 aromatic heterocycles. The number of carbonyl (C=O) groups excluding carboxylic acids is 2. The van der Waals surface area contributed by atoms with Gasteiger partial charge in [-0.15, -0.1) is 0 Å². The fourth-order valence-corrected chi connectivity index (χ4v) is 4.35. The molecule has 1 aliphatic rings. The zero-order chi connectivity index (χ0) is 23.2. The Balaban J connectivity index is 1.61. The monoisotopic (exact) mass is 452 g/mol. The highest BCUT2D eigenvalue weighted by Gasteiger charge is 2.23. The van der Waals surface area contributed by atoms with Crippen molar-refractivity contribution in [1.29, 1.82) is 0 Å². The fraction of sp³-hybridized carbons (Fsp3) is 0.400. The lowest BCUT2D eigenvalue weighted by molar-refractivity contribution is -0.120. The van der Waals surface area contributed by atoms with E-state index in [1.165, 1.54) is 18.6 Å². The van der Waals surface area contributed by atoms with E-state index in [0.717, 1.165) is 25.7 Å². The Labute approximate surface area is 192 Å². The van der Waals surface area contributed by atoms with E-state index in [0.29, 0.717) is 41.0 Å². The predicted octanol–water partition coefficient (Wildman–Crippen LogP) is 4.27. The number of fused-ring (bicyclic) bond motifs is 1. The summed E-state index contributed by atoms with van der Waals surface area (Å²) in [5, 5.41) is 5.85. The molecule has 2 amide bonds. The average molecular weight is 453 g/mol. The highest BCUT2D eigenvalue weighted by Crippen LogP contribution is 2.27. The summed E-state index contributed by atoms with van der Waals surface area (Å²) in [6.45, 7) is 1.18. The number of carbonyl (C=O) groups is 2. The number of rotatable bonds is 8. The number of imidazole rings is 1. The van der Waals surface area contributed by atoms with Crippen molar-refractivity contribution in [2.75, 3.05) is 19.0 Å². The van der Waals surface area contributed by atoms with Gasteiger partial charge in [0.25, 0.3) is 5.91 Å². The van der Waals surface area contributed by atoms with Crippen LogP contribution < -0.4 is 10.6 Å². The van der Waals surface area contributed by atoms with E-state index in [1.54, 1.807) is 37.7 Å². The topological polar surface area (TPSA) is 85.2 Å². The van der Waals surface area contributed by atoms with Gasteiger partial charge in [-0.05, 0) is 42.7 Å². The van der Waals surface area contributed by atoms with E-state index in [1.807, 2.05) is 4.57 Å². The summed E-state index contributed by atoms with van der Waals surface area (Å²) in [4.78, 5) is 30.4. The van der Waals surface area contributed by atoms with Crippen molar-refractivity contribution >= 4 is 28.5 Å². The molecule has 1 heterocycles. The molecule has 0 unspecified atom stereocenters. The van der Waals surface area contributed by atoms with Gasteiger partial charge in [0, 0.05) is 31.8 Å². The van der Waals surface area contributed by atoms with Gasteiger partial charge in [-0.1, -0.05) is 31.4 Å². The zero-order valence-corrected chi connectivity index (χ0v) is 18.8. The SMILES string of the molecule is COCCn1cnc2cc(NC(=O)C3CCCCC3)cc(C(=O)NCc3cccc(F)c3)c21. The van der Waals surface area contributed by atoms with Crippen LogP contribution in [0.15, 0.2) is 42.7 Å². The maximum absolute atomic E-state index is 13.5. The first kappa shape index (κ1) is 22.9. The van der Waals surface area contributed by atoms with Crippen LogP contribution in [-0.2, 0) is 22.6 Å². The number of nitrogens with zero attached hydrogens (tertiary/aromatic N) is 2. The lowest BCUT2D eigenvalue weighted by Gasteiger charge is -2.21. The maximum atomic E-state index is 13.5. The minimum Gasteiger partial charge on any atom is -0.383 e. The summed E-state index contributed by atoms with van der Waals surface area (Å²) in [5.41, 5.74) is 2.89. The van der Waals surface area contributed by atoms with Gasteiger partial charge in [-0.2, -0.15) is 0 Å². The number of halogens is 1. The summed E-state index contributed by atoms with van der Waals surface area (Å²) in [7, 11) is 1.62. The largest absolute Gasteiger partial charge is 0.383 e. The molecule has 0 atom stereocenters. The molecule has 0 spiro atoms. The molecule has 1 saturated carbocycles. The Morgan fingerprint density at radius 1 is 1.18 bits per heavy atom. The van der Waals surface area contributed by atoms with Crippen molar-refractivity contribution in [3.8, 4) is 0 Å². The Bertz CT molecular complexity index is 1140. The number of anilines is 1. The third kappa shape index (κ3) is 5.57. The molecule has 2 aromatic carbocycles. The first-order chi connectivity index (χ1) is 16.0. The quantitative estimate of drug-likeness (QED) is 0.535. The highest BCUT2D eigenvalue weighted by molar-refractivity contribution is 6.07. The van der Waals surface area contributed by atoms with Crippen LogP contribution in [0.5, 0.6) is 0 Å². The van der Waals surface area contributed by atoms with Crippen molar-refractivity contribution in [2.24, 2.45) is 5.92 Å². The number of hydrogen-bond acceptors (Lipinski definition) is 4. The van der Waals surface area contributed by atoms with E-state index < -0.39 is 0 Å². The van der Waals surface area contributed by atoms with Gasteiger partial charge in [0.05, 0.1) is 29.5 Å².